The lowest BCUT2D eigenvalue weighted by Crippen LogP contribution is -2.26. The second kappa shape index (κ2) is 6.71. The summed E-state index contributed by atoms with van der Waals surface area (Å²) in [5.41, 5.74) is 1.85. The van der Waals surface area contributed by atoms with Crippen molar-refractivity contribution in [3.63, 3.8) is 0 Å². The van der Waals surface area contributed by atoms with Crippen molar-refractivity contribution >= 4 is 17.2 Å². The van der Waals surface area contributed by atoms with Crippen molar-refractivity contribution in [1.29, 1.82) is 0 Å². The van der Waals surface area contributed by atoms with Crippen LogP contribution in [0.2, 0.25) is 0 Å². The lowest BCUT2D eigenvalue weighted by atomic mass is 10.2. The Morgan fingerprint density at radius 1 is 1.13 bits per heavy atom. The molecule has 5 heteroatoms. The molecule has 3 aromatic rings. The fraction of sp³-hybridized carbons (Fsp3) is 0.111. The molecule has 2 aromatic carbocycles. The Bertz CT molecular complexity index is 817. The van der Waals surface area contributed by atoms with E-state index in [4.69, 9.17) is 0 Å². The Kier molecular flexibility index (Phi) is 4.48. The normalized spacial score (nSPS) is 10.5. The molecule has 3 rings (SSSR count). The molecule has 1 heterocycles. The van der Waals surface area contributed by atoms with E-state index in [1.54, 1.807) is 30.6 Å². The van der Waals surface area contributed by atoms with E-state index in [2.05, 4.69) is 4.98 Å². The van der Waals surface area contributed by atoms with Crippen LogP contribution < -0.4 is 0 Å². The van der Waals surface area contributed by atoms with Crippen LogP contribution >= 0.6 is 11.3 Å². The zero-order valence-electron chi connectivity index (χ0n) is 12.6. The van der Waals surface area contributed by atoms with E-state index in [1.165, 1.54) is 22.3 Å². The summed E-state index contributed by atoms with van der Waals surface area (Å²) in [7, 11) is 1.65. The van der Waals surface area contributed by atoms with Gasteiger partial charge in [-0.3, -0.25) is 4.79 Å². The van der Waals surface area contributed by atoms with Gasteiger partial charge in [-0.15, -0.1) is 11.3 Å². The Hall–Kier alpha value is -2.53. The third kappa shape index (κ3) is 3.46. The summed E-state index contributed by atoms with van der Waals surface area (Å²) in [6.45, 7) is 0.212. The molecule has 0 fully saturated rings. The van der Waals surface area contributed by atoms with Crippen LogP contribution in [0.4, 0.5) is 4.39 Å². The van der Waals surface area contributed by atoms with Crippen molar-refractivity contribution in [3.05, 3.63) is 77.1 Å². The van der Waals surface area contributed by atoms with Gasteiger partial charge >= 0.3 is 0 Å². The molecule has 0 unspecified atom stereocenters. The van der Waals surface area contributed by atoms with Crippen LogP contribution in [0, 0.1) is 5.82 Å². The molecule has 0 aliphatic carbocycles. The molecule has 0 saturated heterocycles. The first kappa shape index (κ1) is 15.4. The Morgan fingerprint density at radius 3 is 2.57 bits per heavy atom. The smallest absolute Gasteiger partial charge is 0.273 e. The summed E-state index contributed by atoms with van der Waals surface area (Å²) in [4.78, 5) is 18.3. The van der Waals surface area contributed by atoms with E-state index in [0.29, 0.717) is 11.3 Å². The molecule has 0 bridgehead atoms. The highest BCUT2D eigenvalue weighted by atomic mass is 32.1. The molecule has 0 radical (unpaired) electrons. The van der Waals surface area contributed by atoms with Crippen LogP contribution in [0.1, 0.15) is 16.1 Å². The number of hydrogen-bond donors (Lipinski definition) is 0. The zero-order chi connectivity index (χ0) is 16.2. The summed E-state index contributed by atoms with van der Waals surface area (Å²) < 4.78 is 13.7. The van der Waals surface area contributed by atoms with Gasteiger partial charge in [-0.2, -0.15) is 0 Å². The molecule has 116 valence electrons. The Morgan fingerprint density at radius 2 is 1.83 bits per heavy atom. The van der Waals surface area contributed by atoms with Crippen LogP contribution in [-0.4, -0.2) is 22.8 Å². The number of hydrogen-bond acceptors (Lipinski definition) is 3. The molecule has 0 aliphatic rings. The van der Waals surface area contributed by atoms with Crippen LogP contribution in [-0.2, 0) is 6.54 Å². The van der Waals surface area contributed by atoms with Crippen molar-refractivity contribution < 1.29 is 9.18 Å². The average Bonchev–Trinajstić information content (AvgIpc) is 3.07. The van der Waals surface area contributed by atoms with Gasteiger partial charge in [-0.1, -0.05) is 48.5 Å². The van der Waals surface area contributed by atoms with E-state index < -0.39 is 0 Å². The van der Waals surface area contributed by atoms with Crippen LogP contribution in [0.5, 0.6) is 0 Å². The molecule has 0 aliphatic heterocycles. The van der Waals surface area contributed by atoms with Crippen molar-refractivity contribution in [3.8, 4) is 10.6 Å². The fourth-order valence-corrected chi connectivity index (χ4v) is 3.03. The minimum atomic E-state index is -0.310. The number of carbonyl (C=O) groups is 1. The van der Waals surface area contributed by atoms with E-state index >= 15 is 0 Å². The molecule has 0 N–H and O–H groups in total. The molecule has 0 spiro atoms. The number of carbonyl (C=O) groups excluding carboxylic acids is 1. The third-order valence-electron chi connectivity index (χ3n) is 3.46. The summed E-state index contributed by atoms with van der Waals surface area (Å²) in [6, 6.07) is 16.2. The Labute approximate surface area is 138 Å². The van der Waals surface area contributed by atoms with E-state index in [9.17, 15) is 9.18 Å². The molecule has 1 amide bonds. The molecular weight excluding hydrogens is 311 g/mol. The van der Waals surface area contributed by atoms with Gasteiger partial charge in [0.2, 0.25) is 0 Å². The van der Waals surface area contributed by atoms with Gasteiger partial charge in [-0.05, 0) is 6.07 Å². The van der Waals surface area contributed by atoms with Crippen LogP contribution in [0.25, 0.3) is 10.6 Å². The number of nitrogens with zero attached hydrogens (tertiary/aromatic N) is 2. The number of amides is 1. The highest BCUT2D eigenvalue weighted by molar-refractivity contribution is 7.13. The first-order chi connectivity index (χ1) is 11.1. The third-order valence-corrected chi connectivity index (χ3v) is 4.35. The summed E-state index contributed by atoms with van der Waals surface area (Å²) in [6.07, 6.45) is 0. The van der Waals surface area contributed by atoms with E-state index in [0.717, 1.165) is 10.6 Å². The molecule has 0 saturated carbocycles. The van der Waals surface area contributed by atoms with E-state index in [-0.39, 0.29) is 18.3 Å². The van der Waals surface area contributed by atoms with Gasteiger partial charge in [0.05, 0.1) is 0 Å². The lowest BCUT2D eigenvalue weighted by molar-refractivity contribution is 0.0779. The zero-order valence-corrected chi connectivity index (χ0v) is 13.4. The summed E-state index contributed by atoms with van der Waals surface area (Å²) in [5.74, 6) is -0.526. The van der Waals surface area contributed by atoms with Gasteiger partial charge < -0.3 is 4.90 Å². The molecule has 1 aromatic heterocycles. The largest absolute Gasteiger partial charge is 0.336 e. The van der Waals surface area contributed by atoms with Crippen molar-refractivity contribution in [2.45, 2.75) is 6.54 Å². The highest BCUT2D eigenvalue weighted by Crippen LogP contribution is 2.24. The van der Waals surface area contributed by atoms with Gasteiger partial charge in [0.25, 0.3) is 5.91 Å². The average molecular weight is 326 g/mol. The maximum absolute atomic E-state index is 13.7. The topological polar surface area (TPSA) is 33.2 Å². The van der Waals surface area contributed by atoms with Crippen molar-refractivity contribution in [2.75, 3.05) is 7.05 Å². The second-order valence-electron chi connectivity index (χ2n) is 5.16. The molecule has 3 nitrogen and oxygen atoms in total. The Balaban J connectivity index is 1.76. The van der Waals surface area contributed by atoms with Gasteiger partial charge in [0.15, 0.2) is 0 Å². The number of rotatable bonds is 4. The number of halogens is 1. The maximum Gasteiger partial charge on any atom is 0.273 e. The second-order valence-corrected chi connectivity index (χ2v) is 6.01. The SMILES string of the molecule is CN(Cc1ccccc1F)C(=O)c1csc(-c2ccccc2)n1. The monoisotopic (exact) mass is 326 g/mol. The van der Waals surface area contributed by atoms with E-state index in [1.807, 2.05) is 30.3 Å². The van der Waals surface area contributed by atoms with Crippen LogP contribution in [0.3, 0.4) is 0 Å². The molecule has 23 heavy (non-hydrogen) atoms. The van der Waals surface area contributed by atoms with Crippen LogP contribution in [0.15, 0.2) is 60.0 Å². The summed E-state index contributed by atoms with van der Waals surface area (Å²) >= 11 is 1.43. The van der Waals surface area contributed by atoms with Gasteiger partial charge in [0, 0.05) is 30.1 Å². The van der Waals surface area contributed by atoms with Crippen molar-refractivity contribution in [2.24, 2.45) is 0 Å². The van der Waals surface area contributed by atoms with Gasteiger partial charge in [0.1, 0.15) is 16.5 Å². The fourth-order valence-electron chi connectivity index (χ4n) is 2.23. The molecule has 0 atom stereocenters. The predicted octanol–water partition coefficient (Wildman–Crippen LogP) is 4.22. The lowest BCUT2D eigenvalue weighted by Gasteiger charge is -2.16. The minimum Gasteiger partial charge on any atom is -0.336 e. The maximum atomic E-state index is 13.7. The number of aromatic nitrogens is 1. The summed E-state index contributed by atoms with van der Waals surface area (Å²) in [5, 5.41) is 2.54. The van der Waals surface area contributed by atoms with Crippen molar-refractivity contribution in [1.82, 2.24) is 9.88 Å². The first-order valence-electron chi connectivity index (χ1n) is 7.15. The minimum absolute atomic E-state index is 0.212. The number of benzene rings is 2. The predicted molar refractivity (Wildman–Crippen MR) is 89.7 cm³/mol. The standard InChI is InChI=1S/C18H15FN2OS/c1-21(11-14-9-5-6-10-15(14)19)18(22)16-12-23-17(20-16)13-7-3-2-4-8-13/h2-10,12H,11H2,1H3. The quantitative estimate of drug-likeness (QED) is 0.719. The van der Waals surface area contributed by atoms with Gasteiger partial charge in [-0.25, -0.2) is 9.37 Å². The number of thiazole rings is 1. The highest BCUT2D eigenvalue weighted by Gasteiger charge is 2.17. The first-order valence-corrected chi connectivity index (χ1v) is 8.03. The molecular formula is C18H15FN2OS.